The largest absolute Gasteiger partial charge is 0.393 e. The molecule has 0 aromatic heterocycles. The quantitative estimate of drug-likeness (QED) is 0.676. The van der Waals surface area contributed by atoms with Crippen molar-refractivity contribution >= 4 is 0 Å². The van der Waals surface area contributed by atoms with E-state index < -0.39 is 0 Å². The zero-order valence-corrected chi connectivity index (χ0v) is 9.53. The molecule has 3 nitrogen and oxygen atoms in total. The van der Waals surface area contributed by atoms with Crippen LogP contribution in [0.1, 0.15) is 33.6 Å². The van der Waals surface area contributed by atoms with E-state index in [-0.39, 0.29) is 6.10 Å². The summed E-state index contributed by atoms with van der Waals surface area (Å²) in [6.45, 7) is 8.86. The van der Waals surface area contributed by atoms with E-state index in [4.69, 9.17) is 10.4 Å². The third-order valence-corrected chi connectivity index (χ3v) is 2.03. The first-order chi connectivity index (χ1) is 6.56. The minimum Gasteiger partial charge on any atom is -0.393 e. The molecular formula is C11H22N2O. The van der Waals surface area contributed by atoms with Crippen LogP contribution in [-0.2, 0) is 0 Å². The second-order valence-corrected chi connectivity index (χ2v) is 4.24. The fourth-order valence-electron chi connectivity index (χ4n) is 1.39. The molecular weight excluding hydrogens is 176 g/mol. The van der Waals surface area contributed by atoms with Crippen molar-refractivity contribution in [2.45, 2.75) is 39.7 Å². The molecule has 1 atom stereocenters. The lowest BCUT2D eigenvalue weighted by Crippen LogP contribution is -2.31. The Balaban J connectivity index is 3.79. The summed E-state index contributed by atoms with van der Waals surface area (Å²) in [5, 5.41) is 17.7. The lowest BCUT2D eigenvalue weighted by atomic mass is 10.2. The van der Waals surface area contributed by atoms with Crippen molar-refractivity contribution in [1.29, 1.82) is 5.26 Å². The summed E-state index contributed by atoms with van der Waals surface area (Å²) >= 11 is 0. The second-order valence-electron chi connectivity index (χ2n) is 4.24. The Labute approximate surface area is 87.3 Å². The summed E-state index contributed by atoms with van der Waals surface area (Å²) in [6, 6.07) is 2.15. The number of hydrogen-bond donors (Lipinski definition) is 1. The smallest absolute Gasteiger partial charge is 0.0635 e. The van der Waals surface area contributed by atoms with E-state index in [0.29, 0.717) is 12.3 Å². The van der Waals surface area contributed by atoms with Crippen LogP contribution in [-0.4, -0.2) is 35.7 Å². The molecule has 0 aromatic carbocycles. The summed E-state index contributed by atoms with van der Waals surface area (Å²) in [7, 11) is 0. The van der Waals surface area contributed by atoms with Gasteiger partial charge < -0.3 is 10.0 Å². The minimum atomic E-state index is -0.244. The molecule has 0 fully saturated rings. The number of aliphatic hydroxyl groups is 1. The van der Waals surface area contributed by atoms with Crippen molar-refractivity contribution in [2.24, 2.45) is 5.92 Å². The van der Waals surface area contributed by atoms with Crippen molar-refractivity contribution in [3.8, 4) is 6.07 Å². The molecule has 0 rings (SSSR count). The van der Waals surface area contributed by atoms with Crippen LogP contribution >= 0.6 is 0 Å². The highest BCUT2D eigenvalue weighted by Gasteiger charge is 2.07. The topological polar surface area (TPSA) is 47.3 Å². The highest BCUT2D eigenvalue weighted by atomic mass is 16.3. The van der Waals surface area contributed by atoms with E-state index in [1.807, 2.05) is 0 Å². The third-order valence-electron chi connectivity index (χ3n) is 2.03. The molecule has 0 bridgehead atoms. The normalized spacial score (nSPS) is 13.2. The van der Waals surface area contributed by atoms with Crippen molar-refractivity contribution in [1.82, 2.24) is 4.90 Å². The Morgan fingerprint density at radius 1 is 1.29 bits per heavy atom. The maximum Gasteiger partial charge on any atom is 0.0635 e. The summed E-state index contributed by atoms with van der Waals surface area (Å²) < 4.78 is 0. The van der Waals surface area contributed by atoms with Gasteiger partial charge in [0.25, 0.3) is 0 Å². The van der Waals surface area contributed by atoms with E-state index in [9.17, 15) is 0 Å². The van der Waals surface area contributed by atoms with E-state index in [1.54, 1.807) is 6.92 Å². The summed E-state index contributed by atoms with van der Waals surface area (Å²) in [5.41, 5.74) is 0. The van der Waals surface area contributed by atoms with Crippen LogP contribution in [0.25, 0.3) is 0 Å². The molecule has 14 heavy (non-hydrogen) atoms. The average molecular weight is 198 g/mol. The lowest BCUT2D eigenvalue weighted by molar-refractivity contribution is 0.151. The zero-order valence-electron chi connectivity index (χ0n) is 9.53. The van der Waals surface area contributed by atoms with Crippen molar-refractivity contribution in [3.63, 3.8) is 0 Å². The Bertz CT molecular complexity index is 173. The van der Waals surface area contributed by atoms with Crippen LogP contribution in [0.4, 0.5) is 0 Å². The first kappa shape index (κ1) is 13.4. The first-order valence-electron chi connectivity index (χ1n) is 5.33. The van der Waals surface area contributed by atoms with Gasteiger partial charge in [-0.25, -0.2) is 0 Å². The number of nitrogens with zero attached hydrogens (tertiary/aromatic N) is 2. The van der Waals surface area contributed by atoms with Gasteiger partial charge >= 0.3 is 0 Å². The number of nitriles is 1. The minimum absolute atomic E-state index is 0.244. The van der Waals surface area contributed by atoms with Gasteiger partial charge in [-0.1, -0.05) is 13.8 Å². The van der Waals surface area contributed by atoms with Gasteiger partial charge in [0, 0.05) is 26.1 Å². The number of rotatable bonds is 7. The molecule has 0 aliphatic rings. The van der Waals surface area contributed by atoms with Crippen molar-refractivity contribution in [3.05, 3.63) is 0 Å². The van der Waals surface area contributed by atoms with Gasteiger partial charge in [-0.15, -0.1) is 0 Å². The van der Waals surface area contributed by atoms with Gasteiger partial charge in [0.05, 0.1) is 12.2 Å². The molecule has 3 heteroatoms. The predicted molar refractivity (Wildman–Crippen MR) is 57.8 cm³/mol. The van der Waals surface area contributed by atoms with Crippen molar-refractivity contribution in [2.75, 3.05) is 19.6 Å². The maximum absolute atomic E-state index is 9.17. The van der Waals surface area contributed by atoms with Crippen LogP contribution in [0.15, 0.2) is 0 Å². The zero-order chi connectivity index (χ0) is 11.0. The van der Waals surface area contributed by atoms with Crippen LogP contribution < -0.4 is 0 Å². The van der Waals surface area contributed by atoms with Gasteiger partial charge in [0.2, 0.25) is 0 Å². The molecule has 0 aromatic rings. The predicted octanol–water partition coefficient (Wildman–Crippen LogP) is 1.63. The molecule has 0 saturated heterocycles. The van der Waals surface area contributed by atoms with Crippen LogP contribution in [0.3, 0.4) is 0 Å². The highest BCUT2D eigenvalue weighted by molar-refractivity contribution is 4.73. The lowest BCUT2D eigenvalue weighted by Gasteiger charge is -2.23. The monoisotopic (exact) mass is 198 g/mol. The molecule has 0 aliphatic heterocycles. The van der Waals surface area contributed by atoms with E-state index in [2.05, 4.69) is 24.8 Å². The summed E-state index contributed by atoms with van der Waals surface area (Å²) in [5.74, 6) is 0.614. The fourth-order valence-corrected chi connectivity index (χ4v) is 1.39. The van der Waals surface area contributed by atoms with E-state index >= 15 is 0 Å². The average Bonchev–Trinajstić information content (AvgIpc) is 2.09. The molecule has 0 spiro atoms. The second kappa shape index (κ2) is 7.78. The summed E-state index contributed by atoms with van der Waals surface area (Å²) in [4.78, 5) is 2.25. The molecule has 1 unspecified atom stereocenters. The molecule has 0 heterocycles. The van der Waals surface area contributed by atoms with Gasteiger partial charge in [0.15, 0.2) is 0 Å². The number of hydrogen-bond acceptors (Lipinski definition) is 3. The SMILES string of the molecule is CC(C)CN(CCC#N)CCC(C)O. The Kier molecular flexibility index (Phi) is 7.45. The summed E-state index contributed by atoms with van der Waals surface area (Å²) in [6.07, 6.45) is 1.12. The molecule has 0 aliphatic carbocycles. The van der Waals surface area contributed by atoms with Crippen LogP contribution in [0.2, 0.25) is 0 Å². The standard InChI is InChI=1S/C11H22N2O/c1-10(2)9-13(7-4-6-12)8-5-11(3)14/h10-11,14H,4-5,7-9H2,1-3H3. The Morgan fingerprint density at radius 2 is 1.93 bits per heavy atom. The van der Waals surface area contributed by atoms with Crippen LogP contribution in [0, 0.1) is 17.2 Å². The molecule has 0 saturated carbocycles. The molecule has 0 radical (unpaired) electrons. The van der Waals surface area contributed by atoms with Crippen LogP contribution in [0.5, 0.6) is 0 Å². The van der Waals surface area contributed by atoms with Gasteiger partial charge in [-0.3, -0.25) is 0 Å². The highest BCUT2D eigenvalue weighted by Crippen LogP contribution is 2.02. The molecule has 82 valence electrons. The van der Waals surface area contributed by atoms with E-state index in [0.717, 1.165) is 26.1 Å². The third kappa shape index (κ3) is 8.03. The van der Waals surface area contributed by atoms with Gasteiger partial charge in [-0.05, 0) is 19.3 Å². The molecule has 1 N–H and O–H groups in total. The Morgan fingerprint density at radius 3 is 2.36 bits per heavy atom. The molecule has 0 amide bonds. The Hall–Kier alpha value is -0.590. The number of aliphatic hydroxyl groups excluding tert-OH is 1. The maximum atomic E-state index is 9.17. The fraction of sp³-hybridized carbons (Fsp3) is 0.909. The first-order valence-corrected chi connectivity index (χ1v) is 5.33. The van der Waals surface area contributed by atoms with E-state index in [1.165, 1.54) is 0 Å². The van der Waals surface area contributed by atoms with Crippen molar-refractivity contribution < 1.29 is 5.11 Å². The van der Waals surface area contributed by atoms with Gasteiger partial charge in [-0.2, -0.15) is 5.26 Å². The van der Waals surface area contributed by atoms with Gasteiger partial charge in [0.1, 0.15) is 0 Å².